The molecule has 0 saturated carbocycles. The molecule has 3 heterocycles. The maximum absolute atomic E-state index is 13.5. The van der Waals surface area contributed by atoms with Gasteiger partial charge < -0.3 is 14.4 Å². The zero-order valence-corrected chi connectivity index (χ0v) is 17.7. The highest BCUT2D eigenvalue weighted by Gasteiger charge is 2.57. The van der Waals surface area contributed by atoms with Crippen molar-refractivity contribution in [1.82, 2.24) is 19.7 Å². The van der Waals surface area contributed by atoms with Gasteiger partial charge in [-0.3, -0.25) is 19.6 Å². The van der Waals surface area contributed by atoms with Crippen molar-refractivity contribution in [1.29, 1.82) is 0 Å². The minimum absolute atomic E-state index is 0.0929. The van der Waals surface area contributed by atoms with Crippen LogP contribution in [-0.2, 0) is 20.8 Å². The van der Waals surface area contributed by atoms with Crippen molar-refractivity contribution in [3.8, 4) is 0 Å². The number of aromatic nitrogens is 1. The number of imide groups is 1. The molecule has 2 aliphatic rings. The lowest BCUT2D eigenvalue weighted by Crippen LogP contribution is -2.58. The fraction of sp³-hybridized carbons (Fsp3) is 0.667. The quantitative estimate of drug-likeness (QED) is 0.461. The lowest BCUT2D eigenvalue weighted by Gasteiger charge is -2.44. The summed E-state index contributed by atoms with van der Waals surface area (Å²) in [5.74, 6) is -0.0929. The molecule has 1 atom stereocenters. The molecule has 0 N–H and O–H groups in total. The molecular formula is C21H32N4O4. The largest absolute Gasteiger partial charge is 0.385 e. The SMILES string of the molecule is COCCCN1C(=O)N(Cc2ccccn2)C(=O)C12CCN(C(C)COC)CC2. The predicted octanol–water partition coefficient (Wildman–Crippen LogP) is 1.75. The lowest BCUT2D eigenvalue weighted by molar-refractivity contribution is -0.136. The van der Waals surface area contributed by atoms with Crippen LogP contribution in [-0.4, -0.2) is 90.3 Å². The van der Waals surface area contributed by atoms with Crippen molar-refractivity contribution in [2.45, 2.75) is 44.3 Å². The number of carbonyl (C=O) groups excluding carboxylic acids is 2. The van der Waals surface area contributed by atoms with E-state index in [-0.39, 0.29) is 24.5 Å². The lowest BCUT2D eigenvalue weighted by atomic mass is 9.85. The maximum Gasteiger partial charge on any atom is 0.328 e. The van der Waals surface area contributed by atoms with Crippen LogP contribution in [0.25, 0.3) is 0 Å². The molecule has 2 fully saturated rings. The molecule has 1 aromatic rings. The number of carbonyl (C=O) groups is 2. The molecular weight excluding hydrogens is 372 g/mol. The molecule has 3 amide bonds. The number of hydrogen-bond acceptors (Lipinski definition) is 6. The van der Waals surface area contributed by atoms with Crippen LogP contribution in [0.1, 0.15) is 31.9 Å². The molecule has 8 nitrogen and oxygen atoms in total. The van der Waals surface area contributed by atoms with Gasteiger partial charge in [-0.05, 0) is 38.3 Å². The summed E-state index contributed by atoms with van der Waals surface area (Å²) in [5, 5.41) is 0. The van der Waals surface area contributed by atoms with Gasteiger partial charge in [0.1, 0.15) is 5.54 Å². The summed E-state index contributed by atoms with van der Waals surface area (Å²) in [5.41, 5.74) is -0.0441. The minimum Gasteiger partial charge on any atom is -0.385 e. The Morgan fingerprint density at radius 2 is 1.93 bits per heavy atom. The average Bonchev–Trinajstić information content (AvgIpc) is 2.92. The molecule has 0 aliphatic carbocycles. The number of likely N-dealkylation sites (tertiary alicyclic amines) is 1. The highest BCUT2D eigenvalue weighted by molar-refractivity contribution is 6.07. The molecule has 3 rings (SSSR count). The monoisotopic (exact) mass is 404 g/mol. The Balaban J connectivity index is 1.79. The van der Waals surface area contributed by atoms with Crippen molar-refractivity contribution in [2.24, 2.45) is 0 Å². The number of nitrogens with zero attached hydrogens (tertiary/aromatic N) is 4. The van der Waals surface area contributed by atoms with Crippen molar-refractivity contribution < 1.29 is 19.1 Å². The Bertz CT molecular complexity index is 691. The zero-order chi connectivity index (χ0) is 20.9. The van der Waals surface area contributed by atoms with Gasteiger partial charge in [0.25, 0.3) is 5.91 Å². The van der Waals surface area contributed by atoms with Crippen molar-refractivity contribution in [2.75, 3.05) is 47.1 Å². The van der Waals surface area contributed by atoms with Crippen LogP contribution in [0.3, 0.4) is 0 Å². The van der Waals surface area contributed by atoms with Crippen LogP contribution in [0.15, 0.2) is 24.4 Å². The van der Waals surface area contributed by atoms with Gasteiger partial charge in [0, 0.05) is 52.7 Å². The van der Waals surface area contributed by atoms with E-state index in [0.717, 1.165) is 13.1 Å². The second-order valence-electron chi connectivity index (χ2n) is 7.86. The Morgan fingerprint density at radius 1 is 1.17 bits per heavy atom. The van der Waals surface area contributed by atoms with Crippen LogP contribution >= 0.6 is 0 Å². The van der Waals surface area contributed by atoms with Gasteiger partial charge in [0.15, 0.2) is 0 Å². The number of piperidine rings is 1. The normalized spacial score (nSPS) is 20.7. The predicted molar refractivity (Wildman–Crippen MR) is 108 cm³/mol. The Morgan fingerprint density at radius 3 is 2.55 bits per heavy atom. The number of ether oxygens (including phenoxy) is 2. The molecule has 0 bridgehead atoms. The van der Waals surface area contributed by atoms with E-state index in [4.69, 9.17) is 9.47 Å². The van der Waals surface area contributed by atoms with Crippen LogP contribution in [0, 0.1) is 0 Å². The van der Waals surface area contributed by atoms with Gasteiger partial charge in [0.2, 0.25) is 0 Å². The first-order chi connectivity index (χ1) is 14.0. The number of pyridine rings is 1. The van der Waals surface area contributed by atoms with E-state index in [1.54, 1.807) is 25.3 Å². The summed E-state index contributed by atoms with van der Waals surface area (Å²) < 4.78 is 10.4. The summed E-state index contributed by atoms with van der Waals surface area (Å²) >= 11 is 0. The van der Waals surface area contributed by atoms with Gasteiger partial charge in [-0.15, -0.1) is 0 Å². The molecule has 8 heteroatoms. The number of urea groups is 1. The van der Waals surface area contributed by atoms with E-state index >= 15 is 0 Å². The maximum atomic E-state index is 13.5. The molecule has 1 aromatic heterocycles. The topological polar surface area (TPSA) is 75.2 Å². The Labute approximate surface area is 172 Å². The summed E-state index contributed by atoms with van der Waals surface area (Å²) in [4.78, 5) is 36.5. The summed E-state index contributed by atoms with van der Waals surface area (Å²) in [6, 6.07) is 5.61. The van der Waals surface area contributed by atoms with Gasteiger partial charge in [0.05, 0.1) is 18.8 Å². The Kier molecular flexibility index (Phi) is 7.21. The van der Waals surface area contributed by atoms with Crippen molar-refractivity contribution in [3.63, 3.8) is 0 Å². The van der Waals surface area contributed by atoms with Crippen molar-refractivity contribution in [3.05, 3.63) is 30.1 Å². The summed E-state index contributed by atoms with van der Waals surface area (Å²) in [7, 11) is 3.35. The first kappa shape index (κ1) is 21.7. The molecule has 0 aromatic carbocycles. The second-order valence-corrected chi connectivity index (χ2v) is 7.86. The Hall–Kier alpha value is -2.03. The van der Waals surface area contributed by atoms with Gasteiger partial charge in [-0.25, -0.2) is 4.79 Å². The van der Waals surface area contributed by atoms with Crippen LogP contribution in [0.2, 0.25) is 0 Å². The molecule has 0 radical (unpaired) electrons. The smallest absolute Gasteiger partial charge is 0.328 e. The van der Waals surface area contributed by atoms with E-state index in [1.165, 1.54) is 4.90 Å². The molecule has 2 aliphatic heterocycles. The minimum atomic E-state index is -0.761. The first-order valence-electron chi connectivity index (χ1n) is 10.3. The van der Waals surface area contributed by atoms with Gasteiger partial charge >= 0.3 is 6.03 Å². The summed E-state index contributed by atoms with van der Waals surface area (Å²) in [6.07, 6.45) is 3.66. The van der Waals surface area contributed by atoms with E-state index in [1.807, 2.05) is 18.2 Å². The number of hydrogen-bond donors (Lipinski definition) is 0. The molecule has 2 saturated heterocycles. The fourth-order valence-electron chi connectivity index (χ4n) is 4.42. The number of amides is 3. The van der Waals surface area contributed by atoms with Crippen LogP contribution in [0.5, 0.6) is 0 Å². The van der Waals surface area contributed by atoms with E-state index < -0.39 is 5.54 Å². The molecule has 160 valence electrons. The molecule has 1 unspecified atom stereocenters. The third kappa shape index (κ3) is 4.44. The van der Waals surface area contributed by atoms with Gasteiger partial charge in [-0.1, -0.05) is 6.07 Å². The van der Waals surface area contributed by atoms with Crippen molar-refractivity contribution >= 4 is 11.9 Å². The van der Waals surface area contributed by atoms with Crippen LogP contribution < -0.4 is 0 Å². The number of methoxy groups -OCH3 is 2. The third-order valence-corrected chi connectivity index (χ3v) is 6.05. The highest BCUT2D eigenvalue weighted by atomic mass is 16.5. The van der Waals surface area contributed by atoms with E-state index in [2.05, 4.69) is 16.8 Å². The van der Waals surface area contributed by atoms with Crippen LogP contribution in [0.4, 0.5) is 4.79 Å². The average molecular weight is 405 g/mol. The zero-order valence-electron chi connectivity index (χ0n) is 17.7. The molecule has 1 spiro atoms. The number of rotatable bonds is 9. The first-order valence-corrected chi connectivity index (χ1v) is 10.3. The molecule has 29 heavy (non-hydrogen) atoms. The highest BCUT2D eigenvalue weighted by Crippen LogP contribution is 2.38. The summed E-state index contributed by atoms with van der Waals surface area (Å²) in [6.45, 7) is 5.61. The third-order valence-electron chi connectivity index (χ3n) is 6.05. The van der Waals surface area contributed by atoms with Gasteiger partial charge in [-0.2, -0.15) is 0 Å². The standard InChI is InChI=1S/C21H32N4O4/c1-17(16-29-3)23-12-8-21(9-13-23)19(26)24(15-18-7-4-5-10-22-18)20(27)25(21)11-6-14-28-2/h4-5,7,10,17H,6,8-9,11-16H2,1-3H3. The second kappa shape index (κ2) is 9.65. The fourth-order valence-corrected chi connectivity index (χ4v) is 4.42. The van der Waals surface area contributed by atoms with E-state index in [9.17, 15) is 9.59 Å². The van der Waals surface area contributed by atoms with E-state index in [0.29, 0.717) is 44.7 Å².